The van der Waals surface area contributed by atoms with Gasteiger partial charge in [-0.25, -0.2) is 4.79 Å². The zero-order chi connectivity index (χ0) is 15.5. The second kappa shape index (κ2) is 6.15. The van der Waals surface area contributed by atoms with Gasteiger partial charge in [-0.15, -0.1) is 0 Å². The number of hydrogen-bond acceptors (Lipinski definition) is 3. The Balaban J connectivity index is 1.70. The van der Waals surface area contributed by atoms with Crippen LogP contribution >= 0.6 is 15.9 Å². The molecule has 2 aromatic rings. The van der Waals surface area contributed by atoms with E-state index in [1.54, 1.807) is 24.3 Å². The van der Waals surface area contributed by atoms with Crippen molar-refractivity contribution in [3.8, 4) is 0 Å². The highest BCUT2D eigenvalue weighted by Gasteiger charge is 2.20. The van der Waals surface area contributed by atoms with Crippen LogP contribution in [0.5, 0.6) is 0 Å². The number of cyclic esters (lactones) is 1. The number of hydrogen-bond donors (Lipinski definition) is 1. The molecule has 0 atom stereocenters. The minimum absolute atomic E-state index is 0.235. The van der Waals surface area contributed by atoms with Crippen molar-refractivity contribution in [3.05, 3.63) is 69.7 Å². The van der Waals surface area contributed by atoms with Gasteiger partial charge in [0.25, 0.3) is 0 Å². The van der Waals surface area contributed by atoms with Crippen molar-refractivity contribution in [1.29, 1.82) is 0 Å². The van der Waals surface area contributed by atoms with E-state index < -0.39 is 0 Å². The van der Waals surface area contributed by atoms with Gasteiger partial charge >= 0.3 is 5.97 Å². The summed E-state index contributed by atoms with van der Waals surface area (Å²) >= 11 is 3.42. The summed E-state index contributed by atoms with van der Waals surface area (Å²) in [5, 5.41) is 2.77. The molecule has 0 radical (unpaired) electrons. The van der Waals surface area contributed by atoms with E-state index in [4.69, 9.17) is 4.74 Å². The van der Waals surface area contributed by atoms with Gasteiger partial charge < -0.3 is 10.1 Å². The number of esters is 1. The van der Waals surface area contributed by atoms with E-state index in [1.165, 1.54) is 6.08 Å². The molecule has 1 N–H and O–H groups in total. The van der Waals surface area contributed by atoms with E-state index in [2.05, 4.69) is 21.2 Å². The highest BCUT2D eigenvalue weighted by Crippen LogP contribution is 2.23. The molecule has 5 heteroatoms. The predicted molar refractivity (Wildman–Crippen MR) is 87.4 cm³/mol. The second-order valence-electron chi connectivity index (χ2n) is 4.79. The Hall–Kier alpha value is -2.40. The molecule has 0 aliphatic carbocycles. The van der Waals surface area contributed by atoms with Crippen molar-refractivity contribution < 1.29 is 14.3 Å². The summed E-state index contributed by atoms with van der Waals surface area (Å²) in [7, 11) is 0. The first-order chi connectivity index (χ1) is 10.6. The zero-order valence-electron chi connectivity index (χ0n) is 11.5. The summed E-state index contributed by atoms with van der Waals surface area (Å²) in [6.07, 6.45) is 3.20. The van der Waals surface area contributed by atoms with Crippen molar-refractivity contribution in [2.24, 2.45) is 0 Å². The first kappa shape index (κ1) is 14.5. The van der Waals surface area contributed by atoms with Gasteiger partial charge in [0.1, 0.15) is 6.61 Å². The molecular formula is C17H12BrNO3. The van der Waals surface area contributed by atoms with E-state index >= 15 is 0 Å². The molecule has 0 bridgehead atoms. The Labute approximate surface area is 135 Å². The SMILES string of the molecule is O=C(/C=C/c1ccccc1Br)Nc1ccc2c(c1)COC2=O. The number of benzene rings is 2. The predicted octanol–water partition coefficient (Wildman–Crippen LogP) is 3.77. The molecule has 2 aromatic carbocycles. The average Bonchev–Trinajstić information content (AvgIpc) is 2.87. The number of nitrogens with one attached hydrogen (secondary N) is 1. The smallest absolute Gasteiger partial charge is 0.338 e. The third kappa shape index (κ3) is 3.09. The Kier molecular flexibility index (Phi) is 4.06. The molecule has 22 heavy (non-hydrogen) atoms. The van der Waals surface area contributed by atoms with E-state index in [9.17, 15) is 9.59 Å². The van der Waals surface area contributed by atoms with Gasteiger partial charge in [0, 0.05) is 21.8 Å². The summed E-state index contributed by atoms with van der Waals surface area (Å²) < 4.78 is 5.85. The van der Waals surface area contributed by atoms with Crippen molar-refractivity contribution in [2.45, 2.75) is 6.61 Å². The largest absolute Gasteiger partial charge is 0.457 e. The molecule has 1 amide bonds. The first-order valence-electron chi connectivity index (χ1n) is 6.67. The Morgan fingerprint density at radius 1 is 1.23 bits per heavy atom. The Morgan fingerprint density at radius 3 is 2.86 bits per heavy atom. The first-order valence-corrected chi connectivity index (χ1v) is 7.46. The molecule has 0 unspecified atom stereocenters. The third-order valence-corrected chi connectivity index (χ3v) is 3.99. The van der Waals surface area contributed by atoms with Crippen LogP contribution in [0.2, 0.25) is 0 Å². The molecule has 1 heterocycles. The van der Waals surface area contributed by atoms with Crippen LogP contribution in [0.25, 0.3) is 6.08 Å². The van der Waals surface area contributed by atoms with Crippen LogP contribution in [0.3, 0.4) is 0 Å². The molecule has 110 valence electrons. The summed E-state index contributed by atoms with van der Waals surface area (Å²) in [4.78, 5) is 23.3. The van der Waals surface area contributed by atoms with Crippen LogP contribution in [0.4, 0.5) is 5.69 Å². The summed E-state index contributed by atoms with van der Waals surface area (Å²) in [6, 6.07) is 12.7. The fourth-order valence-electron chi connectivity index (χ4n) is 2.17. The number of ether oxygens (including phenoxy) is 1. The second-order valence-corrected chi connectivity index (χ2v) is 5.65. The van der Waals surface area contributed by atoms with Crippen LogP contribution in [-0.4, -0.2) is 11.9 Å². The molecular weight excluding hydrogens is 346 g/mol. The monoisotopic (exact) mass is 357 g/mol. The van der Waals surface area contributed by atoms with Crippen molar-refractivity contribution in [3.63, 3.8) is 0 Å². The Morgan fingerprint density at radius 2 is 2.05 bits per heavy atom. The molecule has 0 saturated carbocycles. The number of amides is 1. The number of rotatable bonds is 3. The minimum atomic E-state index is -0.318. The van der Waals surface area contributed by atoms with Gasteiger partial charge in [0.2, 0.25) is 5.91 Å². The highest BCUT2D eigenvalue weighted by molar-refractivity contribution is 9.10. The molecule has 1 aliphatic rings. The van der Waals surface area contributed by atoms with Crippen LogP contribution in [0, 0.1) is 0 Å². The number of carbonyl (C=O) groups excluding carboxylic acids is 2. The maximum Gasteiger partial charge on any atom is 0.338 e. The lowest BCUT2D eigenvalue weighted by Gasteiger charge is -2.03. The normalized spacial score (nSPS) is 13.0. The molecule has 0 aromatic heterocycles. The van der Waals surface area contributed by atoms with Crippen molar-refractivity contribution >= 4 is 39.6 Å². The van der Waals surface area contributed by atoms with Crippen LogP contribution in [0.1, 0.15) is 21.5 Å². The van der Waals surface area contributed by atoms with E-state index in [-0.39, 0.29) is 18.5 Å². The average molecular weight is 358 g/mol. The van der Waals surface area contributed by atoms with Gasteiger partial charge in [0.15, 0.2) is 0 Å². The van der Waals surface area contributed by atoms with Gasteiger partial charge in [-0.05, 0) is 35.9 Å². The quantitative estimate of drug-likeness (QED) is 0.671. The van der Waals surface area contributed by atoms with E-state index in [0.29, 0.717) is 11.3 Å². The zero-order valence-corrected chi connectivity index (χ0v) is 13.1. The minimum Gasteiger partial charge on any atom is -0.457 e. The maximum absolute atomic E-state index is 12.0. The Bertz CT molecular complexity index is 783. The molecule has 0 saturated heterocycles. The van der Waals surface area contributed by atoms with Gasteiger partial charge in [-0.1, -0.05) is 34.1 Å². The number of fused-ring (bicyclic) bond motifs is 1. The van der Waals surface area contributed by atoms with Crippen LogP contribution in [0.15, 0.2) is 53.0 Å². The molecule has 3 rings (SSSR count). The van der Waals surface area contributed by atoms with Crippen molar-refractivity contribution in [1.82, 2.24) is 0 Å². The number of anilines is 1. The van der Waals surface area contributed by atoms with Crippen molar-refractivity contribution in [2.75, 3.05) is 5.32 Å². The van der Waals surface area contributed by atoms with Gasteiger partial charge in [-0.2, -0.15) is 0 Å². The molecule has 0 fully saturated rings. The lowest BCUT2D eigenvalue weighted by molar-refractivity contribution is -0.111. The standard InChI is InChI=1S/C17H12BrNO3/c18-15-4-2-1-3-11(15)5-8-16(20)19-13-6-7-14-12(9-13)10-22-17(14)21/h1-9H,10H2,(H,19,20)/b8-5+. The van der Waals surface area contributed by atoms with Gasteiger partial charge in [0.05, 0.1) is 5.56 Å². The van der Waals surface area contributed by atoms with E-state index in [0.717, 1.165) is 15.6 Å². The van der Waals surface area contributed by atoms with E-state index in [1.807, 2.05) is 24.3 Å². The highest BCUT2D eigenvalue weighted by atomic mass is 79.9. The summed E-state index contributed by atoms with van der Waals surface area (Å²) in [5.41, 5.74) is 2.91. The third-order valence-electron chi connectivity index (χ3n) is 3.27. The molecule has 4 nitrogen and oxygen atoms in total. The maximum atomic E-state index is 12.0. The van der Waals surface area contributed by atoms with Gasteiger partial charge in [-0.3, -0.25) is 4.79 Å². The number of carbonyl (C=O) groups is 2. The van der Waals surface area contributed by atoms with Crippen LogP contribution in [-0.2, 0) is 16.1 Å². The molecule has 0 spiro atoms. The topological polar surface area (TPSA) is 55.4 Å². The number of halogens is 1. The van der Waals surface area contributed by atoms with Crippen LogP contribution < -0.4 is 5.32 Å². The lowest BCUT2D eigenvalue weighted by Crippen LogP contribution is -2.08. The molecule has 1 aliphatic heterocycles. The lowest BCUT2D eigenvalue weighted by atomic mass is 10.1. The summed E-state index contributed by atoms with van der Waals surface area (Å²) in [6.45, 7) is 0.255. The fourth-order valence-corrected chi connectivity index (χ4v) is 2.59. The fraction of sp³-hybridized carbons (Fsp3) is 0.0588. The summed E-state index contributed by atoms with van der Waals surface area (Å²) in [5.74, 6) is -0.553.